The number of nitrogens with zero attached hydrogens (tertiary/aromatic N) is 1. The van der Waals surface area contributed by atoms with Crippen molar-refractivity contribution in [3.63, 3.8) is 0 Å². The minimum absolute atomic E-state index is 0.534. The zero-order chi connectivity index (χ0) is 25.8. The van der Waals surface area contributed by atoms with Crippen molar-refractivity contribution in [2.75, 3.05) is 39.3 Å². The number of hydrogen-bond donors (Lipinski definition) is 4. The second kappa shape index (κ2) is 11.2. The van der Waals surface area contributed by atoms with E-state index in [0.717, 1.165) is 53.9 Å². The van der Waals surface area contributed by atoms with Crippen LogP contribution in [0.4, 0.5) is 0 Å². The summed E-state index contributed by atoms with van der Waals surface area (Å²) in [6.45, 7) is 8.64. The van der Waals surface area contributed by atoms with Crippen molar-refractivity contribution in [1.82, 2.24) is 26.2 Å². The van der Waals surface area contributed by atoms with E-state index < -0.39 is 0 Å². The highest BCUT2D eigenvalue weighted by molar-refractivity contribution is 6.64. The molecule has 6 heterocycles. The van der Waals surface area contributed by atoms with E-state index in [0.29, 0.717) is 17.7 Å². The standard InChI is InChI=1S/C33H58BN5/c1-3-9-23(10-4-1)34-29-21-35-19-15-25(29)33(26-16-20-36-22-30(26)34)27-13-7-17-37-31(27)39(24-11-5-2-6-12-24)32-28(33)14-8-18-38-32/h23-32,35-38H,1-22H2. The van der Waals surface area contributed by atoms with Gasteiger partial charge in [-0.25, -0.2) is 0 Å². The molecule has 0 aromatic carbocycles. The number of piperidine rings is 5. The van der Waals surface area contributed by atoms with Crippen LogP contribution in [0.5, 0.6) is 0 Å². The van der Waals surface area contributed by atoms with Crippen molar-refractivity contribution < 1.29 is 0 Å². The summed E-state index contributed by atoms with van der Waals surface area (Å²) in [6.07, 6.45) is 24.8. The van der Waals surface area contributed by atoms with Crippen LogP contribution in [0.25, 0.3) is 0 Å². The molecular weight excluding hydrogens is 477 g/mol. The molecule has 8 fully saturated rings. The first-order valence-corrected chi connectivity index (χ1v) is 18.0. The Morgan fingerprint density at radius 2 is 1.05 bits per heavy atom. The van der Waals surface area contributed by atoms with Gasteiger partial charge in [0.05, 0.1) is 12.3 Å². The van der Waals surface area contributed by atoms with Gasteiger partial charge >= 0.3 is 0 Å². The van der Waals surface area contributed by atoms with E-state index in [1.807, 2.05) is 0 Å². The third kappa shape index (κ3) is 4.19. The molecule has 2 aliphatic carbocycles. The fourth-order valence-corrected chi connectivity index (χ4v) is 13.4. The van der Waals surface area contributed by atoms with Crippen molar-refractivity contribution in [2.24, 2.45) is 29.1 Å². The highest BCUT2D eigenvalue weighted by Crippen LogP contribution is 2.71. The van der Waals surface area contributed by atoms with Crippen LogP contribution >= 0.6 is 0 Å². The Morgan fingerprint density at radius 3 is 1.62 bits per heavy atom. The van der Waals surface area contributed by atoms with E-state index in [1.165, 1.54) is 142 Å². The highest BCUT2D eigenvalue weighted by atomic mass is 15.4. The maximum Gasteiger partial charge on any atom is 0.153 e. The molecule has 1 spiro atoms. The Kier molecular flexibility index (Phi) is 7.59. The first kappa shape index (κ1) is 26.5. The average Bonchev–Trinajstić information content (AvgIpc) is 3.02. The van der Waals surface area contributed by atoms with E-state index in [9.17, 15) is 0 Å². The number of rotatable bonds is 2. The normalized spacial score (nSPS) is 48.2. The molecule has 8 atom stereocenters. The van der Waals surface area contributed by atoms with Crippen LogP contribution in [-0.2, 0) is 0 Å². The molecule has 8 unspecified atom stereocenters. The molecule has 0 aromatic rings. The lowest BCUT2D eigenvalue weighted by molar-refractivity contribution is -0.223. The zero-order valence-electron chi connectivity index (χ0n) is 24.9. The molecule has 0 radical (unpaired) electrons. The number of hydrogen-bond acceptors (Lipinski definition) is 5. The summed E-state index contributed by atoms with van der Waals surface area (Å²) in [6, 6.07) is 0.804. The molecule has 0 bridgehead atoms. The fourth-order valence-electron chi connectivity index (χ4n) is 13.4. The van der Waals surface area contributed by atoms with E-state index in [1.54, 1.807) is 0 Å². The van der Waals surface area contributed by atoms with Crippen molar-refractivity contribution in [3.8, 4) is 0 Å². The van der Waals surface area contributed by atoms with Gasteiger partial charge in [0.15, 0.2) is 6.71 Å². The fraction of sp³-hybridized carbons (Fsp3) is 1.00. The molecule has 4 N–H and O–H groups in total. The van der Waals surface area contributed by atoms with Crippen LogP contribution < -0.4 is 21.3 Å². The van der Waals surface area contributed by atoms with Crippen molar-refractivity contribution in [3.05, 3.63) is 0 Å². The minimum atomic E-state index is 0.534. The molecule has 8 aliphatic rings. The molecule has 2 saturated carbocycles. The molecule has 5 nitrogen and oxygen atoms in total. The van der Waals surface area contributed by atoms with Crippen LogP contribution in [0.2, 0.25) is 17.5 Å². The van der Waals surface area contributed by atoms with Crippen molar-refractivity contribution >= 4 is 6.71 Å². The average molecular weight is 536 g/mol. The lowest BCUT2D eigenvalue weighted by atomic mass is 9.16. The van der Waals surface area contributed by atoms with E-state index in [-0.39, 0.29) is 0 Å². The number of nitrogens with one attached hydrogen (secondary N) is 4. The molecule has 0 aromatic heterocycles. The van der Waals surface area contributed by atoms with E-state index in [4.69, 9.17) is 0 Å². The predicted molar refractivity (Wildman–Crippen MR) is 162 cm³/mol. The van der Waals surface area contributed by atoms with Crippen molar-refractivity contribution in [1.29, 1.82) is 0 Å². The summed E-state index contributed by atoms with van der Waals surface area (Å²) in [5, 5.41) is 16.6. The van der Waals surface area contributed by atoms with Crippen LogP contribution in [0.1, 0.15) is 103 Å². The molecule has 218 valence electrons. The summed E-state index contributed by atoms with van der Waals surface area (Å²) in [7, 11) is 0. The summed E-state index contributed by atoms with van der Waals surface area (Å²) >= 11 is 0. The number of fused-ring (bicyclic) bond motifs is 8. The molecular formula is C33H58BN5. The molecule has 6 aliphatic heterocycles. The van der Waals surface area contributed by atoms with Gasteiger partial charge < -0.3 is 21.3 Å². The van der Waals surface area contributed by atoms with Gasteiger partial charge in [-0.05, 0) is 131 Å². The van der Waals surface area contributed by atoms with Crippen LogP contribution in [0, 0.1) is 29.1 Å². The molecule has 0 amide bonds. The summed E-state index contributed by atoms with van der Waals surface area (Å²) < 4.78 is 0. The van der Waals surface area contributed by atoms with Gasteiger partial charge in [-0.15, -0.1) is 0 Å². The second-order valence-corrected chi connectivity index (χ2v) is 15.5. The smallest absolute Gasteiger partial charge is 0.153 e. The maximum absolute atomic E-state index is 4.29. The summed E-state index contributed by atoms with van der Waals surface area (Å²) in [5.41, 5.74) is 0.534. The predicted octanol–water partition coefficient (Wildman–Crippen LogP) is 5.07. The van der Waals surface area contributed by atoms with Gasteiger partial charge in [0.25, 0.3) is 0 Å². The van der Waals surface area contributed by atoms with Crippen LogP contribution in [0.15, 0.2) is 0 Å². The van der Waals surface area contributed by atoms with Gasteiger partial charge in [-0.2, -0.15) is 0 Å². The third-order valence-corrected chi connectivity index (χ3v) is 14.3. The van der Waals surface area contributed by atoms with Crippen LogP contribution in [0.3, 0.4) is 0 Å². The third-order valence-electron chi connectivity index (χ3n) is 14.3. The Morgan fingerprint density at radius 1 is 0.513 bits per heavy atom. The molecule has 6 saturated heterocycles. The number of likely N-dealkylation sites (tertiary alicyclic amines) is 1. The largest absolute Gasteiger partial charge is 0.317 e. The molecule has 8 rings (SSSR count). The summed E-state index contributed by atoms with van der Waals surface area (Å²) in [5.74, 6) is 6.43. The van der Waals surface area contributed by atoms with Crippen molar-refractivity contribution in [2.45, 2.75) is 139 Å². The first-order valence-electron chi connectivity index (χ1n) is 18.0. The monoisotopic (exact) mass is 535 g/mol. The van der Waals surface area contributed by atoms with Gasteiger partial charge in [0, 0.05) is 6.04 Å². The topological polar surface area (TPSA) is 51.4 Å². The molecule has 6 heteroatoms. The van der Waals surface area contributed by atoms with E-state index >= 15 is 0 Å². The second-order valence-electron chi connectivity index (χ2n) is 15.5. The Bertz CT molecular complexity index is 722. The Labute approximate surface area is 239 Å². The van der Waals surface area contributed by atoms with Gasteiger partial charge in [-0.3, -0.25) is 4.90 Å². The highest BCUT2D eigenvalue weighted by Gasteiger charge is 2.71. The lowest BCUT2D eigenvalue weighted by Gasteiger charge is -2.74. The SMILES string of the molecule is C1CCC(B2C3CNCCC3C3(C4CCNCC24)C2CCCNC2N(C2CCCCC2)C2NCCCC23)CC1. The first-order chi connectivity index (χ1) is 19.4. The van der Waals surface area contributed by atoms with Crippen LogP contribution in [-0.4, -0.2) is 69.3 Å². The van der Waals surface area contributed by atoms with Gasteiger partial charge in [-0.1, -0.05) is 57.2 Å². The maximum atomic E-state index is 4.29. The van der Waals surface area contributed by atoms with Gasteiger partial charge in [0.1, 0.15) is 0 Å². The Hall–Kier alpha value is -0.135. The van der Waals surface area contributed by atoms with Gasteiger partial charge in [0.2, 0.25) is 0 Å². The zero-order valence-corrected chi connectivity index (χ0v) is 24.9. The Balaban J connectivity index is 1.26. The van der Waals surface area contributed by atoms with E-state index in [2.05, 4.69) is 26.2 Å². The quantitative estimate of drug-likeness (QED) is 0.372. The molecule has 39 heavy (non-hydrogen) atoms. The summed E-state index contributed by atoms with van der Waals surface area (Å²) in [4.78, 5) is 3.14. The minimum Gasteiger partial charge on any atom is -0.317 e. The lowest BCUT2D eigenvalue weighted by Crippen LogP contribution is -2.80.